The molecule has 102 valence electrons. The average Bonchev–Trinajstić information content (AvgIpc) is 2.46. The van der Waals surface area contributed by atoms with E-state index in [1.54, 1.807) is 12.1 Å². The number of aryl methyl sites for hydroxylation is 1. The summed E-state index contributed by atoms with van der Waals surface area (Å²) in [5, 5.41) is 12.2. The molecule has 0 saturated carbocycles. The summed E-state index contributed by atoms with van der Waals surface area (Å²) in [6, 6.07) is 15.0. The molecule has 2 nitrogen and oxygen atoms in total. The molecular formula is C17H17FN2. The van der Waals surface area contributed by atoms with Crippen molar-refractivity contribution in [1.82, 2.24) is 5.32 Å². The Morgan fingerprint density at radius 3 is 2.75 bits per heavy atom. The molecular weight excluding hydrogens is 251 g/mol. The highest BCUT2D eigenvalue weighted by molar-refractivity contribution is 5.34. The first-order valence-corrected chi connectivity index (χ1v) is 6.58. The average molecular weight is 268 g/mol. The second kappa shape index (κ2) is 6.31. The maximum Gasteiger partial charge on any atom is 0.140 e. The van der Waals surface area contributed by atoms with Crippen molar-refractivity contribution < 1.29 is 4.39 Å². The van der Waals surface area contributed by atoms with Crippen LogP contribution in [0, 0.1) is 24.1 Å². The summed E-state index contributed by atoms with van der Waals surface area (Å²) >= 11 is 0. The maximum absolute atomic E-state index is 13.2. The van der Waals surface area contributed by atoms with Crippen LogP contribution in [0.15, 0.2) is 42.5 Å². The fraction of sp³-hybridized carbons (Fsp3) is 0.235. The van der Waals surface area contributed by atoms with E-state index in [1.165, 1.54) is 17.2 Å². The lowest BCUT2D eigenvalue weighted by Gasteiger charge is -2.15. The third-order valence-corrected chi connectivity index (χ3v) is 3.31. The van der Waals surface area contributed by atoms with E-state index in [0.717, 1.165) is 5.56 Å². The van der Waals surface area contributed by atoms with Gasteiger partial charge in [-0.15, -0.1) is 0 Å². The summed E-state index contributed by atoms with van der Waals surface area (Å²) in [7, 11) is 0. The van der Waals surface area contributed by atoms with Crippen LogP contribution in [-0.4, -0.2) is 0 Å². The zero-order valence-corrected chi connectivity index (χ0v) is 11.7. The molecule has 0 unspecified atom stereocenters. The van der Waals surface area contributed by atoms with Crippen molar-refractivity contribution in [1.29, 1.82) is 5.26 Å². The Kier molecular flexibility index (Phi) is 4.49. The Morgan fingerprint density at radius 1 is 1.25 bits per heavy atom. The van der Waals surface area contributed by atoms with Crippen molar-refractivity contribution in [3.8, 4) is 6.07 Å². The van der Waals surface area contributed by atoms with Crippen LogP contribution < -0.4 is 5.32 Å². The van der Waals surface area contributed by atoms with Crippen LogP contribution in [0.5, 0.6) is 0 Å². The molecule has 0 heterocycles. The van der Waals surface area contributed by atoms with Crippen LogP contribution in [0.3, 0.4) is 0 Å². The molecule has 0 aliphatic rings. The Bertz CT molecular complexity index is 644. The lowest BCUT2D eigenvalue weighted by molar-refractivity contribution is 0.572. The topological polar surface area (TPSA) is 35.8 Å². The van der Waals surface area contributed by atoms with Crippen molar-refractivity contribution in [3.63, 3.8) is 0 Å². The lowest BCUT2D eigenvalue weighted by Crippen LogP contribution is -2.18. The number of nitrogens with one attached hydrogen (secondary N) is 1. The fourth-order valence-corrected chi connectivity index (χ4v) is 2.10. The second-order valence-corrected chi connectivity index (χ2v) is 4.94. The molecule has 0 fully saturated rings. The fourth-order valence-electron chi connectivity index (χ4n) is 2.10. The highest BCUT2D eigenvalue weighted by atomic mass is 19.1. The molecule has 0 radical (unpaired) electrons. The molecule has 3 heteroatoms. The number of hydrogen-bond donors (Lipinski definition) is 1. The molecule has 0 aliphatic heterocycles. The zero-order chi connectivity index (χ0) is 14.5. The molecule has 2 aromatic carbocycles. The van der Waals surface area contributed by atoms with Crippen LogP contribution in [0.2, 0.25) is 0 Å². The predicted octanol–water partition coefficient (Wildman–Crippen LogP) is 3.86. The first kappa shape index (κ1) is 14.2. The summed E-state index contributed by atoms with van der Waals surface area (Å²) < 4.78 is 13.2. The van der Waals surface area contributed by atoms with E-state index in [1.807, 2.05) is 12.1 Å². The summed E-state index contributed by atoms with van der Waals surface area (Å²) in [5.41, 5.74) is 3.44. The van der Waals surface area contributed by atoms with E-state index >= 15 is 0 Å². The molecule has 0 saturated heterocycles. The van der Waals surface area contributed by atoms with Gasteiger partial charge in [0.2, 0.25) is 0 Å². The molecule has 1 N–H and O–H groups in total. The Hall–Kier alpha value is -2.18. The highest BCUT2D eigenvalue weighted by Crippen LogP contribution is 2.15. The normalized spacial score (nSPS) is 11.9. The van der Waals surface area contributed by atoms with Gasteiger partial charge in [-0.2, -0.15) is 5.26 Å². The van der Waals surface area contributed by atoms with Crippen molar-refractivity contribution in [2.45, 2.75) is 26.4 Å². The van der Waals surface area contributed by atoms with Crippen molar-refractivity contribution in [2.24, 2.45) is 0 Å². The quantitative estimate of drug-likeness (QED) is 0.914. The molecule has 0 bridgehead atoms. The second-order valence-electron chi connectivity index (χ2n) is 4.94. The van der Waals surface area contributed by atoms with Gasteiger partial charge in [0.25, 0.3) is 0 Å². The Labute approximate surface area is 118 Å². The largest absolute Gasteiger partial charge is 0.306 e. The van der Waals surface area contributed by atoms with E-state index in [-0.39, 0.29) is 11.6 Å². The van der Waals surface area contributed by atoms with Gasteiger partial charge in [0, 0.05) is 12.6 Å². The minimum Gasteiger partial charge on any atom is -0.306 e. The van der Waals surface area contributed by atoms with Crippen molar-refractivity contribution >= 4 is 0 Å². The van der Waals surface area contributed by atoms with E-state index in [0.29, 0.717) is 6.54 Å². The molecule has 0 amide bonds. The van der Waals surface area contributed by atoms with Gasteiger partial charge in [0.1, 0.15) is 11.9 Å². The number of rotatable bonds is 4. The highest BCUT2D eigenvalue weighted by Gasteiger charge is 2.06. The first-order valence-electron chi connectivity index (χ1n) is 6.58. The van der Waals surface area contributed by atoms with Crippen LogP contribution in [-0.2, 0) is 6.54 Å². The first-order chi connectivity index (χ1) is 9.60. The SMILES string of the molecule is Cc1cccc([C@H](C)NCc2ccc(F)c(C#N)c2)c1. The minimum absolute atomic E-state index is 0.0903. The van der Waals surface area contributed by atoms with E-state index in [2.05, 4.69) is 37.4 Å². The molecule has 0 aromatic heterocycles. The lowest BCUT2D eigenvalue weighted by atomic mass is 10.1. The Balaban J connectivity index is 2.04. The van der Waals surface area contributed by atoms with Gasteiger partial charge in [-0.05, 0) is 37.1 Å². The molecule has 1 atom stereocenters. The van der Waals surface area contributed by atoms with Gasteiger partial charge in [-0.3, -0.25) is 0 Å². The van der Waals surface area contributed by atoms with Crippen molar-refractivity contribution in [2.75, 3.05) is 0 Å². The molecule has 0 aliphatic carbocycles. The van der Waals surface area contributed by atoms with E-state index in [9.17, 15) is 4.39 Å². The number of nitriles is 1. The summed E-state index contributed by atoms with van der Waals surface area (Å²) in [5.74, 6) is -0.469. The van der Waals surface area contributed by atoms with Crippen molar-refractivity contribution in [3.05, 3.63) is 70.5 Å². The van der Waals surface area contributed by atoms with Gasteiger partial charge in [-0.25, -0.2) is 4.39 Å². The van der Waals surface area contributed by atoms with E-state index in [4.69, 9.17) is 5.26 Å². The standard InChI is InChI=1S/C17H17FN2/c1-12-4-3-5-15(8-12)13(2)20-11-14-6-7-17(18)16(9-14)10-19/h3-9,13,20H,11H2,1-2H3/t13-/m0/s1. The molecule has 2 aromatic rings. The smallest absolute Gasteiger partial charge is 0.140 e. The van der Waals surface area contributed by atoms with Crippen LogP contribution in [0.1, 0.15) is 35.2 Å². The predicted molar refractivity (Wildman–Crippen MR) is 77.5 cm³/mol. The number of halogens is 1. The molecule has 2 rings (SSSR count). The third kappa shape index (κ3) is 3.43. The zero-order valence-electron chi connectivity index (χ0n) is 11.7. The van der Waals surface area contributed by atoms with Gasteiger partial charge >= 0.3 is 0 Å². The Morgan fingerprint density at radius 2 is 2.05 bits per heavy atom. The number of nitrogens with zero attached hydrogens (tertiary/aromatic N) is 1. The van der Waals surface area contributed by atoms with Gasteiger partial charge in [0.15, 0.2) is 0 Å². The molecule has 0 spiro atoms. The van der Waals surface area contributed by atoms with Crippen LogP contribution >= 0.6 is 0 Å². The maximum atomic E-state index is 13.2. The van der Waals surface area contributed by atoms with E-state index < -0.39 is 5.82 Å². The minimum atomic E-state index is -0.469. The third-order valence-electron chi connectivity index (χ3n) is 3.31. The summed E-state index contributed by atoms with van der Waals surface area (Å²) in [4.78, 5) is 0. The summed E-state index contributed by atoms with van der Waals surface area (Å²) in [6.07, 6.45) is 0. The van der Waals surface area contributed by atoms with Crippen LogP contribution in [0.25, 0.3) is 0 Å². The van der Waals surface area contributed by atoms with Crippen LogP contribution in [0.4, 0.5) is 4.39 Å². The van der Waals surface area contributed by atoms with Gasteiger partial charge < -0.3 is 5.32 Å². The van der Waals surface area contributed by atoms with Gasteiger partial charge in [0.05, 0.1) is 5.56 Å². The van der Waals surface area contributed by atoms with Gasteiger partial charge in [-0.1, -0.05) is 35.9 Å². The monoisotopic (exact) mass is 268 g/mol. The number of hydrogen-bond acceptors (Lipinski definition) is 2. The number of benzene rings is 2. The molecule has 20 heavy (non-hydrogen) atoms. The summed E-state index contributed by atoms with van der Waals surface area (Å²) in [6.45, 7) is 4.75.